The molecule has 0 radical (unpaired) electrons. The van der Waals surface area contributed by atoms with Gasteiger partial charge in [0.2, 0.25) is 5.91 Å². The summed E-state index contributed by atoms with van der Waals surface area (Å²) in [6.45, 7) is 4.69. The lowest BCUT2D eigenvalue weighted by atomic mass is 10.2. The van der Waals surface area contributed by atoms with Gasteiger partial charge in [-0.2, -0.15) is 0 Å². The molecule has 3 rings (SSSR count). The van der Waals surface area contributed by atoms with Crippen molar-refractivity contribution in [1.82, 2.24) is 14.4 Å². The van der Waals surface area contributed by atoms with E-state index < -0.39 is 0 Å². The summed E-state index contributed by atoms with van der Waals surface area (Å²) < 4.78 is 19.1. The highest BCUT2D eigenvalue weighted by atomic mass is 79.9. The number of hydrogen-bond donors (Lipinski definition) is 1. The Labute approximate surface area is 251 Å². The fraction of sp³-hybridized carbons (Fsp3) is 0.419. The van der Waals surface area contributed by atoms with E-state index >= 15 is 0 Å². The normalized spacial score (nSPS) is 10.8. The number of urea groups is 1. The minimum absolute atomic E-state index is 0.0478. The van der Waals surface area contributed by atoms with E-state index in [2.05, 4.69) is 44.9 Å². The van der Waals surface area contributed by atoms with E-state index in [9.17, 15) is 9.59 Å². The molecule has 1 N–H and O–H groups in total. The minimum Gasteiger partial charge on any atom is -0.497 e. The molecule has 1 heterocycles. The molecule has 3 aromatic rings. The van der Waals surface area contributed by atoms with Crippen LogP contribution in [-0.2, 0) is 22.6 Å². The molecule has 1 aromatic heterocycles. The Bertz CT molecular complexity index is 1230. The molecule has 222 valence electrons. The van der Waals surface area contributed by atoms with E-state index in [1.807, 2.05) is 35.4 Å². The average molecular weight is 630 g/mol. The number of hydrogen-bond acceptors (Lipinski definition) is 5. The average Bonchev–Trinajstić information content (AvgIpc) is 3.41. The summed E-state index contributed by atoms with van der Waals surface area (Å²) in [4.78, 5) is 30.5. The first kappa shape index (κ1) is 32.0. The van der Waals surface area contributed by atoms with Crippen molar-refractivity contribution in [2.24, 2.45) is 0 Å². The zero-order chi connectivity index (χ0) is 29.6. The molecule has 9 nitrogen and oxygen atoms in total. The third-order valence-corrected chi connectivity index (χ3v) is 7.20. The molecular weight excluding hydrogens is 588 g/mol. The van der Waals surface area contributed by atoms with Crippen molar-refractivity contribution in [3.63, 3.8) is 0 Å². The predicted molar refractivity (Wildman–Crippen MR) is 165 cm³/mol. The molecule has 0 bridgehead atoms. The highest BCUT2D eigenvalue weighted by Gasteiger charge is 2.22. The van der Waals surface area contributed by atoms with Crippen LogP contribution in [0.5, 0.6) is 11.5 Å². The van der Waals surface area contributed by atoms with E-state index in [0.717, 1.165) is 23.0 Å². The van der Waals surface area contributed by atoms with E-state index in [4.69, 9.17) is 14.2 Å². The lowest BCUT2D eigenvalue weighted by Crippen LogP contribution is -2.45. The van der Waals surface area contributed by atoms with Gasteiger partial charge in [-0.05, 0) is 42.7 Å². The molecule has 41 heavy (non-hydrogen) atoms. The summed E-state index contributed by atoms with van der Waals surface area (Å²) in [7, 11) is 4.72. The predicted octanol–water partition coefficient (Wildman–Crippen LogP) is 6.02. The van der Waals surface area contributed by atoms with Gasteiger partial charge in [-0.25, -0.2) is 4.79 Å². The molecule has 0 unspecified atom stereocenters. The number of unbranched alkanes of at least 4 members (excludes halogenated alkanes) is 1. The fourth-order valence-electron chi connectivity index (χ4n) is 4.37. The molecule has 10 heteroatoms. The van der Waals surface area contributed by atoms with Crippen LogP contribution in [0, 0.1) is 0 Å². The maximum Gasteiger partial charge on any atom is 0.322 e. The number of ether oxygens (including phenoxy) is 3. The number of benzene rings is 2. The van der Waals surface area contributed by atoms with Gasteiger partial charge in [-0.3, -0.25) is 4.79 Å². The maximum absolute atomic E-state index is 13.7. The topological polar surface area (TPSA) is 85.3 Å². The molecule has 0 saturated carbocycles. The first-order valence-corrected chi connectivity index (χ1v) is 14.6. The summed E-state index contributed by atoms with van der Waals surface area (Å²) in [6, 6.07) is 17.1. The first-order valence-electron chi connectivity index (χ1n) is 13.8. The van der Waals surface area contributed by atoms with Crippen molar-refractivity contribution in [3.05, 3.63) is 76.5 Å². The fourth-order valence-corrected chi connectivity index (χ4v) is 4.63. The number of amides is 3. The second kappa shape index (κ2) is 16.7. The van der Waals surface area contributed by atoms with Crippen LogP contribution in [-0.4, -0.2) is 73.9 Å². The molecule has 0 aliphatic heterocycles. The number of nitrogens with zero attached hydrogens (tertiary/aromatic N) is 3. The molecule has 0 aliphatic carbocycles. The Morgan fingerprint density at radius 1 is 0.927 bits per heavy atom. The van der Waals surface area contributed by atoms with Gasteiger partial charge in [0.15, 0.2) is 0 Å². The van der Waals surface area contributed by atoms with Crippen molar-refractivity contribution in [1.29, 1.82) is 0 Å². The van der Waals surface area contributed by atoms with Crippen LogP contribution in [0.15, 0.2) is 65.3 Å². The highest BCUT2D eigenvalue weighted by Crippen LogP contribution is 2.26. The number of halogens is 1. The van der Waals surface area contributed by atoms with Gasteiger partial charge in [-0.1, -0.05) is 41.4 Å². The Morgan fingerprint density at radius 2 is 1.61 bits per heavy atom. The van der Waals surface area contributed by atoms with Gasteiger partial charge in [0.05, 0.1) is 20.8 Å². The molecule has 2 aromatic carbocycles. The van der Waals surface area contributed by atoms with Crippen LogP contribution in [0.2, 0.25) is 0 Å². The van der Waals surface area contributed by atoms with Crippen LogP contribution in [0.3, 0.4) is 0 Å². The van der Waals surface area contributed by atoms with E-state index in [0.29, 0.717) is 56.4 Å². The van der Waals surface area contributed by atoms with Gasteiger partial charge in [0.1, 0.15) is 18.0 Å². The van der Waals surface area contributed by atoms with Gasteiger partial charge in [-0.15, -0.1) is 0 Å². The SMILES string of the molecule is CCCCN(Cc1cccn1Cc1ccc(Br)cc1)C(=O)CN(CCCOC)C(=O)Nc1cc(OC)cc(OC)c1. The van der Waals surface area contributed by atoms with Crippen molar-refractivity contribution < 1.29 is 23.8 Å². The Balaban J connectivity index is 1.75. The quantitative estimate of drug-likeness (QED) is 0.196. The lowest BCUT2D eigenvalue weighted by molar-refractivity contribution is -0.132. The number of carbonyl (C=O) groups excluding carboxylic acids is 2. The van der Waals surface area contributed by atoms with Crippen molar-refractivity contribution in [3.8, 4) is 11.5 Å². The minimum atomic E-state index is -0.376. The second-order valence-corrected chi connectivity index (χ2v) is 10.6. The molecule has 0 atom stereocenters. The smallest absolute Gasteiger partial charge is 0.322 e. The van der Waals surface area contributed by atoms with Crippen LogP contribution >= 0.6 is 15.9 Å². The molecule has 0 spiro atoms. The maximum atomic E-state index is 13.7. The summed E-state index contributed by atoms with van der Waals surface area (Å²) in [5.74, 6) is 1.00. The highest BCUT2D eigenvalue weighted by molar-refractivity contribution is 9.10. The number of methoxy groups -OCH3 is 3. The van der Waals surface area contributed by atoms with Gasteiger partial charge < -0.3 is 33.9 Å². The zero-order valence-electron chi connectivity index (χ0n) is 24.4. The zero-order valence-corrected chi connectivity index (χ0v) is 26.0. The van der Waals surface area contributed by atoms with E-state index in [1.165, 1.54) is 10.5 Å². The standard InChI is InChI=1S/C31H41BrN4O5/c1-5-6-14-35(22-27-9-7-15-34(27)21-24-10-12-25(32)13-11-24)30(37)23-36(16-8-17-39-2)31(38)33-26-18-28(40-3)20-29(19-26)41-4/h7,9-13,15,18-20H,5-6,8,14,16-17,21-23H2,1-4H3,(H,33,38). The second-order valence-electron chi connectivity index (χ2n) is 9.72. The molecule has 0 fully saturated rings. The van der Waals surface area contributed by atoms with Crippen LogP contribution in [0.1, 0.15) is 37.4 Å². The Kier molecular flexibility index (Phi) is 13.0. The van der Waals surface area contributed by atoms with E-state index in [-0.39, 0.29) is 18.5 Å². The first-order chi connectivity index (χ1) is 19.9. The number of anilines is 1. The number of aromatic nitrogens is 1. The van der Waals surface area contributed by atoms with Gasteiger partial charge >= 0.3 is 6.03 Å². The number of nitrogens with one attached hydrogen (secondary N) is 1. The van der Waals surface area contributed by atoms with E-state index in [1.54, 1.807) is 39.5 Å². The number of carbonyl (C=O) groups is 2. The van der Waals surface area contributed by atoms with Crippen LogP contribution in [0.4, 0.5) is 10.5 Å². The van der Waals surface area contributed by atoms with Crippen molar-refractivity contribution in [2.75, 3.05) is 52.9 Å². The summed E-state index contributed by atoms with van der Waals surface area (Å²) >= 11 is 3.49. The van der Waals surface area contributed by atoms with Crippen LogP contribution < -0.4 is 14.8 Å². The molecule has 3 amide bonds. The lowest BCUT2D eigenvalue weighted by Gasteiger charge is -2.28. The third kappa shape index (κ3) is 10.1. The number of rotatable bonds is 16. The molecule has 0 aliphatic rings. The van der Waals surface area contributed by atoms with Gasteiger partial charge in [0.25, 0.3) is 0 Å². The van der Waals surface area contributed by atoms with Crippen molar-refractivity contribution in [2.45, 2.75) is 39.3 Å². The molecule has 0 saturated heterocycles. The van der Waals surface area contributed by atoms with Gasteiger partial charge in [0, 0.05) is 73.6 Å². The Morgan fingerprint density at radius 3 is 2.24 bits per heavy atom. The van der Waals surface area contributed by atoms with Crippen molar-refractivity contribution >= 4 is 33.6 Å². The largest absolute Gasteiger partial charge is 0.497 e. The Hall–Kier alpha value is -3.50. The summed E-state index contributed by atoms with van der Waals surface area (Å²) in [6.07, 6.45) is 4.47. The summed E-state index contributed by atoms with van der Waals surface area (Å²) in [5.41, 5.74) is 2.73. The summed E-state index contributed by atoms with van der Waals surface area (Å²) in [5, 5.41) is 2.90. The molecular formula is C31H41BrN4O5. The third-order valence-electron chi connectivity index (χ3n) is 6.67. The van der Waals surface area contributed by atoms with Crippen LogP contribution in [0.25, 0.3) is 0 Å². The monoisotopic (exact) mass is 628 g/mol.